The molecule has 0 heterocycles. The Bertz CT molecular complexity index is 193. The molecule has 2 heteroatoms. The van der Waals surface area contributed by atoms with Crippen LogP contribution in [-0.4, -0.2) is 30.6 Å². The standard InChI is InChI=1S/C15H32N2/c1-4-7-13-8-9-14(12-16)15(11-13)17(6-3)10-5-2/h13-15H,4-12,16H2,1-3H3. The van der Waals surface area contributed by atoms with Gasteiger partial charge >= 0.3 is 0 Å². The van der Waals surface area contributed by atoms with Crippen molar-refractivity contribution in [2.45, 2.75) is 65.3 Å². The van der Waals surface area contributed by atoms with Crippen LogP contribution in [0.2, 0.25) is 0 Å². The van der Waals surface area contributed by atoms with Gasteiger partial charge in [0, 0.05) is 6.04 Å². The second-order valence-electron chi connectivity index (χ2n) is 5.66. The van der Waals surface area contributed by atoms with E-state index in [1.165, 1.54) is 51.6 Å². The molecule has 1 aliphatic carbocycles. The van der Waals surface area contributed by atoms with Crippen molar-refractivity contribution in [1.29, 1.82) is 0 Å². The topological polar surface area (TPSA) is 29.3 Å². The number of nitrogens with two attached hydrogens (primary N) is 1. The van der Waals surface area contributed by atoms with Gasteiger partial charge in [0.15, 0.2) is 0 Å². The van der Waals surface area contributed by atoms with Crippen molar-refractivity contribution in [2.24, 2.45) is 17.6 Å². The van der Waals surface area contributed by atoms with Gasteiger partial charge in [0.05, 0.1) is 0 Å². The summed E-state index contributed by atoms with van der Waals surface area (Å²) in [5, 5.41) is 0. The third-order valence-corrected chi connectivity index (χ3v) is 4.45. The Morgan fingerprint density at radius 2 is 1.88 bits per heavy atom. The molecule has 1 fully saturated rings. The lowest BCUT2D eigenvalue weighted by Crippen LogP contribution is -2.47. The predicted octanol–water partition coefficient (Wildman–Crippen LogP) is 3.26. The fourth-order valence-corrected chi connectivity index (χ4v) is 3.53. The van der Waals surface area contributed by atoms with E-state index in [0.717, 1.165) is 24.4 Å². The van der Waals surface area contributed by atoms with Crippen LogP contribution in [0.5, 0.6) is 0 Å². The Morgan fingerprint density at radius 1 is 1.12 bits per heavy atom. The average molecular weight is 240 g/mol. The molecular weight excluding hydrogens is 208 g/mol. The molecular formula is C15H32N2. The fourth-order valence-electron chi connectivity index (χ4n) is 3.53. The predicted molar refractivity (Wildman–Crippen MR) is 76.1 cm³/mol. The first-order valence-electron chi connectivity index (χ1n) is 7.70. The summed E-state index contributed by atoms with van der Waals surface area (Å²) < 4.78 is 0. The maximum atomic E-state index is 5.98. The smallest absolute Gasteiger partial charge is 0.0138 e. The Kier molecular flexibility index (Phi) is 7.14. The molecule has 1 rings (SSSR count). The SMILES string of the molecule is CCCC1CCC(CN)C(N(CC)CCC)C1. The number of nitrogens with zero attached hydrogens (tertiary/aromatic N) is 1. The molecule has 0 aromatic heterocycles. The maximum Gasteiger partial charge on any atom is 0.0138 e. The van der Waals surface area contributed by atoms with Crippen molar-refractivity contribution in [3.63, 3.8) is 0 Å². The monoisotopic (exact) mass is 240 g/mol. The fraction of sp³-hybridized carbons (Fsp3) is 1.00. The van der Waals surface area contributed by atoms with E-state index in [0.29, 0.717) is 0 Å². The molecule has 0 aliphatic heterocycles. The van der Waals surface area contributed by atoms with Crippen LogP contribution in [0.25, 0.3) is 0 Å². The minimum atomic E-state index is 0.745. The molecule has 0 saturated heterocycles. The van der Waals surface area contributed by atoms with Gasteiger partial charge in [-0.3, -0.25) is 0 Å². The molecule has 1 saturated carbocycles. The molecule has 1 aliphatic rings. The Balaban J connectivity index is 2.60. The lowest BCUT2D eigenvalue weighted by molar-refractivity contribution is 0.0831. The van der Waals surface area contributed by atoms with Gasteiger partial charge in [0.1, 0.15) is 0 Å². The first-order valence-corrected chi connectivity index (χ1v) is 7.70. The van der Waals surface area contributed by atoms with Gasteiger partial charge in [0.25, 0.3) is 0 Å². The van der Waals surface area contributed by atoms with Gasteiger partial charge < -0.3 is 10.6 Å². The molecule has 3 atom stereocenters. The van der Waals surface area contributed by atoms with E-state index < -0.39 is 0 Å². The van der Waals surface area contributed by atoms with Crippen molar-refractivity contribution in [1.82, 2.24) is 4.90 Å². The van der Waals surface area contributed by atoms with Crippen LogP contribution in [-0.2, 0) is 0 Å². The minimum Gasteiger partial charge on any atom is -0.330 e. The average Bonchev–Trinajstić information content (AvgIpc) is 2.36. The molecule has 0 aromatic rings. The van der Waals surface area contributed by atoms with E-state index in [1.807, 2.05) is 0 Å². The van der Waals surface area contributed by atoms with E-state index in [2.05, 4.69) is 25.7 Å². The summed E-state index contributed by atoms with van der Waals surface area (Å²) in [5.74, 6) is 1.70. The zero-order valence-electron chi connectivity index (χ0n) is 12.1. The Hall–Kier alpha value is -0.0800. The second kappa shape index (κ2) is 8.10. The third kappa shape index (κ3) is 4.26. The van der Waals surface area contributed by atoms with Gasteiger partial charge in [-0.2, -0.15) is 0 Å². The highest BCUT2D eigenvalue weighted by Gasteiger charge is 2.32. The maximum absolute atomic E-state index is 5.98. The minimum absolute atomic E-state index is 0.745. The molecule has 17 heavy (non-hydrogen) atoms. The second-order valence-corrected chi connectivity index (χ2v) is 5.66. The van der Waals surface area contributed by atoms with Crippen LogP contribution < -0.4 is 5.73 Å². The summed E-state index contributed by atoms with van der Waals surface area (Å²) in [6, 6.07) is 0.759. The quantitative estimate of drug-likeness (QED) is 0.740. The first kappa shape index (κ1) is 15.0. The summed E-state index contributed by atoms with van der Waals surface area (Å²) in [5.41, 5.74) is 5.98. The van der Waals surface area contributed by atoms with E-state index >= 15 is 0 Å². The van der Waals surface area contributed by atoms with Crippen LogP contribution in [0.3, 0.4) is 0 Å². The lowest BCUT2D eigenvalue weighted by atomic mass is 9.76. The van der Waals surface area contributed by atoms with Crippen LogP contribution in [0.15, 0.2) is 0 Å². The molecule has 102 valence electrons. The van der Waals surface area contributed by atoms with Crippen LogP contribution in [0.1, 0.15) is 59.3 Å². The van der Waals surface area contributed by atoms with Crippen LogP contribution in [0.4, 0.5) is 0 Å². The molecule has 3 unspecified atom stereocenters. The highest BCUT2D eigenvalue weighted by atomic mass is 15.2. The Morgan fingerprint density at radius 3 is 2.41 bits per heavy atom. The van der Waals surface area contributed by atoms with E-state index in [1.54, 1.807) is 0 Å². The van der Waals surface area contributed by atoms with Crippen molar-refractivity contribution in [3.8, 4) is 0 Å². The Labute approximate surface area is 108 Å². The summed E-state index contributed by atoms with van der Waals surface area (Å²) in [6.45, 7) is 10.2. The lowest BCUT2D eigenvalue weighted by Gasteiger charge is -2.42. The molecule has 0 radical (unpaired) electrons. The van der Waals surface area contributed by atoms with Gasteiger partial charge in [-0.05, 0) is 50.7 Å². The largest absolute Gasteiger partial charge is 0.330 e. The summed E-state index contributed by atoms with van der Waals surface area (Å²) >= 11 is 0. The summed E-state index contributed by atoms with van der Waals surface area (Å²) in [4.78, 5) is 2.68. The van der Waals surface area contributed by atoms with Crippen molar-refractivity contribution < 1.29 is 0 Å². The highest BCUT2D eigenvalue weighted by molar-refractivity contribution is 4.87. The summed E-state index contributed by atoms with van der Waals surface area (Å²) in [7, 11) is 0. The van der Waals surface area contributed by atoms with Gasteiger partial charge in [-0.1, -0.05) is 40.0 Å². The van der Waals surface area contributed by atoms with Crippen molar-refractivity contribution in [3.05, 3.63) is 0 Å². The van der Waals surface area contributed by atoms with E-state index in [4.69, 9.17) is 5.73 Å². The number of hydrogen-bond acceptors (Lipinski definition) is 2. The molecule has 2 nitrogen and oxygen atoms in total. The molecule has 0 aromatic carbocycles. The first-order chi connectivity index (χ1) is 8.26. The number of hydrogen-bond donors (Lipinski definition) is 1. The molecule has 0 spiro atoms. The highest BCUT2D eigenvalue weighted by Crippen LogP contribution is 2.34. The molecule has 0 amide bonds. The van der Waals surface area contributed by atoms with Crippen LogP contribution in [0, 0.1) is 11.8 Å². The van der Waals surface area contributed by atoms with Crippen LogP contribution >= 0.6 is 0 Å². The van der Waals surface area contributed by atoms with Gasteiger partial charge in [-0.15, -0.1) is 0 Å². The van der Waals surface area contributed by atoms with Crippen molar-refractivity contribution >= 4 is 0 Å². The van der Waals surface area contributed by atoms with E-state index in [-0.39, 0.29) is 0 Å². The zero-order valence-corrected chi connectivity index (χ0v) is 12.1. The van der Waals surface area contributed by atoms with E-state index in [9.17, 15) is 0 Å². The normalized spacial score (nSPS) is 29.8. The molecule has 2 N–H and O–H groups in total. The van der Waals surface area contributed by atoms with Gasteiger partial charge in [-0.25, -0.2) is 0 Å². The number of rotatable bonds is 7. The molecule has 0 bridgehead atoms. The van der Waals surface area contributed by atoms with Gasteiger partial charge in [0.2, 0.25) is 0 Å². The summed E-state index contributed by atoms with van der Waals surface area (Å²) in [6.07, 6.45) is 8.17. The third-order valence-electron chi connectivity index (χ3n) is 4.45. The van der Waals surface area contributed by atoms with Crippen molar-refractivity contribution in [2.75, 3.05) is 19.6 Å². The zero-order chi connectivity index (χ0) is 12.7.